The summed E-state index contributed by atoms with van der Waals surface area (Å²) in [4.78, 5) is 10.5. The molecule has 0 aliphatic rings. The van der Waals surface area contributed by atoms with Gasteiger partial charge in [-0.25, -0.2) is 17.2 Å². The van der Waals surface area contributed by atoms with E-state index >= 15 is 0 Å². The quantitative estimate of drug-likeness (QED) is 0.801. The highest BCUT2D eigenvalue weighted by atomic mass is 32.2. The van der Waals surface area contributed by atoms with E-state index < -0.39 is 37.5 Å². The Morgan fingerprint density at radius 3 is 2.30 bits per heavy atom. The summed E-state index contributed by atoms with van der Waals surface area (Å²) in [5.74, 6) is -3.42. The molecule has 20 heavy (non-hydrogen) atoms. The number of anilines is 1. The van der Waals surface area contributed by atoms with Crippen LogP contribution in [0, 0.1) is 11.6 Å². The maximum Gasteiger partial charge on any atom is 0.238 e. The molecule has 8 heteroatoms. The number of halogens is 2. The number of carbonyl (C=O) groups is 1. The van der Waals surface area contributed by atoms with E-state index in [1.807, 2.05) is 0 Å². The van der Waals surface area contributed by atoms with Gasteiger partial charge in [0.05, 0.1) is 0 Å². The molecule has 0 heterocycles. The Hall–Kier alpha value is -1.70. The van der Waals surface area contributed by atoms with Crippen molar-refractivity contribution in [3.8, 4) is 0 Å². The van der Waals surface area contributed by atoms with Gasteiger partial charge in [-0.15, -0.1) is 0 Å². The van der Waals surface area contributed by atoms with Gasteiger partial charge in [0.2, 0.25) is 5.91 Å². The molecule has 1 amide bonds. The number of nitrogen functional groups attached to an aromatic ring is 1. The van der Waals surface area contributed by atoms with E-state index in [-0.39, 0.29) is 12.2 Å². The molecule has 1 aromatic carbocycles. The fourth-order valence-electron chi connectivity index (χ4n) is 1.56. The average molecular weight is 306 g/mol. The third-order valence-corrected chi connectivity index (χ3v) is 4.79. The Labute approximate surface area is 116 Å². The molecule has 1 atom stereocenters. The van der Waals surface area contributed by atoms with E-state index in [4.69, 9.17) is 5.73 Å². The second kappa shape index (κ2) is 6.17. The van der Waals surface area contributed by atoms with Crippen molar-refractivity contribution in [1.82, 2.24) is 5.32 Å². The number of benzene rings is 1. The highest BCUT2D eigenvalue weighted by molar-refractivity contribution is 7.92. The van der Waals surface area contributed by atoms with Crippen molar-refractivity contribution in [1.29, 1.82) is 0 Å². The largest absolute Gasteiger partial charge is 0.399 e. The van der Waals surface area contributed by atoms with Crippen LogP contribution in [0.1, 0.15) is 20.3 Å². The normalized spacial score (nSPS) is 13.0. The van der Waals surface area contributed by atoms with Gasteiger partial charge in [-0.05, 0) is 25.5 Å². The lowest BCUT2D eigenvalue weighted by Gasteiger charge is -2.14. The number of carbonyl (C=O) groups excluding carboxylic acids is 1. The van der Waals surface area contributed by atoms with E-state index in [2.05, 4.69) is 5.32 Å². The average Bonchev–Trinajstić information content (AvgIpc) is 2.33. The van der Waals surface area contributed by atoms with Crippen LogP contribution in [0.25, 0.3) is 0 Å². The molecule has 3 N–H and O–H groups in total. The van der Waals surface area contributed by atoms with Crippen molar-refractivity contribution in [2.75, 3.05) is 12.3 Å². The Morgan fingerprint density at radius 1 is 1.35 bits per heavy atom. The first-order valence-corrected chi connectivity index (χ1v) is 7.52. The number of hydrogen-bond donors (Lipinski definition) is 2. The van der Waals surface area contributed by atoms with Crippen LogP contribution in [0.3, 0.4) is 0 Å². The minimum Gasteiger partial charge on any atom is -0.399 e. The Kier molecular flexibility index (Phi) is 5.04. The lowest BCUT2D eigenvalue weighted by atomic mass is 10.3. The van der Waals surface area contributed by atoms with Crippen molar-refractivity contribution in [2.45, 2.75) is 30.4 Å². The topological polar surface area (TPSA) is 89.3 Å². The third-order valence-electron chi connectivity index (χ3n) is 2.69. The highest BCUT2D eigenvalue weighted by Crippen LogP contribution is 2.25. The van der Waals surface area contributed by atoms with Gasteiger partial charge in [-0.3, -0.25) is 4.79 Å². The summed E-state index contributed by atoms with van der Waals surface area (Å²) in [6, 6.07) is 1.40. The number of nitrogens with one attached hydrogen (secondary N) is 1. The van der Waals surface area contributed by atoms with Gasteiger partial charge in [0.25, 0.3) is 0 Å². The molecule has 0 aliphatic heterocycles. The number of amides is 1. The summed E-state index contributed by atoms with van der Waals surface area (Å²) >= 11 is 0. The zero-order chi connectivity index (χ0) is 15.5. The molecule has 0 spiro atoms. The first-order valence-electron chi connectivity index (χ1n) is 5.98. The van der Waals surface area contributed by atoms with Crippen LogP contribution in [-0.4, -0.2) is 26.1 Å². The number of rotatable bonds is 5. The van der Waals surface area contributed by atoms with Gasteiger partial charge in [0.15, 0.2) is 9.84 Å². The molecule has 1 aromatic rings. The molecule has 0 fully saturated rings. The van der Waals surface area contributed by atoms with E-state index in [1.165, 1.54) is 0 Å². The van der Waals surface area contributed by atoms with Crippen LogP contribution in [0.15, 0.2) is 17.0 Å². The summed E-state index contributed by atoms with van der Waals surface area (Å²) in [7, 11) is -4.46. The zero-order valence-corrected chi connectivity index (χ0v) is 11.9. The molecule has 0 saturated carbocycles. The molecule has 0 radical (unpaired) electrons. The second-order valence-electron chi connectivity index (χ2n) is 4.29. The van der Waals surface area contributed by atoms with Crippen LogP contribution in [-0.2, 0) is 14.6 Å². The molecule has 112 valence electrons. The Balaban J connectivity index is 3.21. The van der Waals surface area contributed by atoms with Crippen LogP contribution in [0.5, 0.6) is 0 Å². The van der Waals surface area contributed by atoms with Crippen LogP contribution >= 0.6 is 0 Å². The van der Waals surface area contributed by atoms with Gasteiger partial charge in [0, 0.05) is 12.2 Å². The summed E-state index contributed by atoms with van der Waals surface area (Å²) < 4.78 is 51.5. The fraction of sp³-hybridized carbons (Fsp3) is 0.417. The SMILES string of the molecule is CCCNC(=O)C(C)S(=O)(=O)c1c(F)cc(N)cc1F. The third kappa shape index (κ3) is 3.24. The molecule has 0 aromatic heterocycles. The lowest BCUT2D eigenvalue weighted by molar-refractivity contribution is -0.120. The predicted molar refractivity (Wildman–Crippen MR) is 70.7 cm³/mol. The molecule has 5 nitrogen and oxygen atoms in total. The molecule has 0 aliphatic carbocycles. The van der Waals surface area contributed by atoms with Gasteiger partial charge in [0.1, 0.15) is 21.8 Å². The first kappa shape index (κ1) is 16.4. The smallest absolute Gasteiger partial charge is 0.238 e. The van der Waals surface area contributed by atoms with Crippen LogP contribution < -0.4 is 11.1 Å². The van der Waals surface area contributed by atoms with Crippen molar-refractivity contribution in [3.63, 3.8) is 0 Å². The van der Waals surface area contributed by atoms with E-state index in [9.17, 15) is 22.0 Å². The van der Waals surface area contributed by atoms with Crippen LogP contribution in [0.4, 0.5) is 14.5 Å². The number of sulfone groups is 1. The summed E-state index contributed by atoms with van der Waals surface area (Å²) in [6.45, 7) is 3.15. The maximum absolute atomic E-state index is 13.7. The number of nitrogens with two attached hydrogens (primary N) is 1. The second-order valence-corrected chi connectivity index (χ2v) is 6.50. The summed E-state index contributed by atoms with van der Waals surface area (Å²) in [6.07, 6.45) is 0.614. The van der Waals surface area contributed by atoms with Gasteiger partial charge >= 0.3 is 0 Å². The molecule has 0 bridgehead atoms. The van der Waals surface area contributed by atoms with E-state index in [0.717, 1.165) is 6.92 Å². The minimum atomic E-state index is -4.46. The molecular formula is C12H16F2N2O3S. The maximum atomic E-state index is 13.7. The van der Waals surface area contributed by atoms with Crippen molar-refractivity contribution in [2.24, 2.45) is 0 Å². The highest BCUT2D eigenvalue weighted by Gasteiger charge is 2.34. The van der Waals surface area contributed by atoms with E-state index in [1.54, 1.807) is 6.92 Å². The zero-order valence-electron chi connectivity index (χ0n) is 11.1. The van der Waals surface area contributed by atoms with Crippen molar-refractivity contribution in [3.05, 3.63) is 23.8 Å². The fourth-order valence-corrected chi connectivity index (χ4v) is 2.94. The predicted octanol–water partition coefficient (Wildman–Crippen LogP) is 1.24. The standard InChI is InChI=1S/C12H16F2N2O3S/c1-3-4-16-12(17)7(2)20(18,19)11-9(13)5-8(15)6-10(11)14/h5-7H,3-4,15H2,1-2H3,(H,16,17). The molecular weight excluding hydrogens is 290 g/mol. The number of hydrogen-bond acceptors (Lipinski definition) is 4. The Morgan fingerprint density at radius 2 is 1.85 bits per heavy atom. The van der Waals surface area contributed by atoms with E-state index in [0.29, 0.717) is 18.6 Å². The molecule has 0 saturated heterocycles. The minimum absolute atomic E-state index is 0.234. The van der Waals surface area contributed by atoms with Gasteiger partial charge < -0.3 is 11.1 Å². The van der Waals surface area contributed by atoms with Crippen molar-refractivity contribution >= 4 is 21.4 Å². The molecule has 1 rings (SSSR count). The monoisotopic (exact) mass is 306 g/mol. The first-order chi connectivity index (χ1) is 9.21. The van der Waals surface area contributed by atoms with Gasteiger partial charge in [-0.1, -0.05) is 6.92 Å². The molecule has 1 unspecified atom stereocenters. The Bertz CT molecular complexity index is 594. The van der Waals surface area contributed by atoms with Crippen molar-refractivity contribution < 1.29 is 22.0 Å². The summed E-state index contributed by atoms with van der Waals surface area (Å²) in [5.41, 5.74) is 4.98. The van der Waals surface area contributed by atoms with Gasteiger partial charge in [-0.2, -0.15) is 0 Å². The lowest BCUT2D eigenvalue weighted by Crippen LogP contribution is -2.38. The summed E-state index contributed by atoms with van der Waals surface area (Å²) in [5, 5.41) is 0.775. The van der Waals surface area contributed by atoms with Crippen LogP contribution in [0.2, 0.25) is 0 Å².